The second-order valence-electron chi connectivity index (χ2n) is 3.38. The molecule has 3 heteroatoms. The highest BCUT2D eigenvalue weighted by Crippen LogP contribution is 2.08. The van der Waals surface area contributed by atoms with Crippen molar-refractivity contribution in [2.75, 3.05) is 0 Å². The quantitative estimate of drug-likeness (QED) is 0.743. The van der Waals surface area contributed by atoms with Crippen molar-refractivity contribution >= 4 is 17.8 Å². The van der Waals surface area contributed by atoms with Crippen LogP contribution in [0.15, 0.2) is 53.8 Å². The number of halogens is 1. The average Bonchev–Trinajstić information content (AvgIpc) is 2.33. The van der Waals surface area contributed by atoms with Crippen LogP contribution in [0, 0.1) is 0 Å². The molecule has 80 valence electrons. The Morgan fingerprint density at radius 1 is 1.19 bits per heavy atom. The summed E-state index contributed by atoms with van der Waals surface area (Å²) in [4.78, 5) is 8.36. The highest BCUT2D eigenvalue weighted by Gasteiger charge is 1.90. The lowest BCUT2D eigenvalue weighted by Crippen LogP contribution is -1.85. The lowest BCUT2D eigenvalue weighted by molar-refractivity contribution is 1.05. The molecular weight excluding hydrogens is 220 g/mol. The van der Waals surface area contributed by atoms with Crippen LogP contribution in [-0.4, -0.2) is 11.2 Å². The Balaban J connectivity index is 1.98. The zero-order valence-corrected chi connectivity index (χ0v) is 9.43. The van der Waals surface area contributed by atoms with E-state index in [1.54, 1.807) is 6.20 Å². The summed E-state index contributed by atoms with van der Waals surface area (Å²) in [5, 5.41) is 0.740. The van der Waals surface area contributed by atoms with Crippen molar-refractivity contribution in [1.82, 2.24) is 4.98 Å². The van der Waals surface area contributed by atoms with Crippen LogP contribution in [0.2, 0.25) is 5.02 Å². The molecule has 2 nitrogen and oxygen atoms in total. The molecule has 0 saturated carbocycles. The predicted molar refractivity (Wildman–Crippen MR) is 67.0 cm³/mol. The van der Waals surface area contributed by atoms with Gasteiger partial charge in [-0.2, -0.15) is 0 Å². The number of aromatic nitrogens is 1. The van der Waals surface area contributed by atoms with Crippen molar-refractivity contribution < 1.29 is 0 Å². The fourth-order valence-electron chi connectivity index (χ4n) is 1.30. The molecule has 0 radical (unpaired) electrons. The van der Waals surface area contributed by atoms with Crippen LogP contribution in [-0.2, 0) is 6.54 Å². The Kier molecular flexibility index (Phi) is 3.67. The van der Waals surface area contributed by atoms with Crippen molar-refractivity contribution in [2.24, 2.45) is 4.99 Å². The summed E-state index contributed by atoms with van der Waals surface area (Å²) in [5.41, 5.74) is 2.15. The molecule has 0 atom stereocenters. The number of hydrogen-bond donors (Lipinski definition) is 0. The maximum Gasteiger partial charge on any atom is 0.0654 e. The molecule has 1 aromatic carbocycles. The van der Waals surface area contributed by atoms with Crippen LogP contribution in [0.25, 0.3) is 0 Å². The first kappa shape index (κ1) is 10.8. The van der Waals surface area contributed by atoms with Crippen LogP contribution in [0.3, 0.4) is 0 Å². The molecule has 0 aliphatic carbocycles. The molecule has 0 N–H and O–H groups in total. The molecule has 0 spiro atoms. The van der Waals surface area contributed by atoms with E-state index in [0.29, 0.717) is 6.54 Å². The Bertz CT molecular complexity index is 463. The third-order valence-electron chi connectivity index (χ3n) is 2.11. The third kappa shape index (κ3) is 3.17. The molecule has 0 fully saturated rings. The van der Waals surface area contributed by atoms with Crippen molar-refractivity contribution in [3.05, 3.63) is 64.9 Å². The molecule has 1 aromatic heterocycles. The molecule has 0 aliphatic heterocycles. The van der Waals surface area contributed by atoms with E-state index in [2.05, 4.69) is 9.98 Å². The summed E-state index contributed by atoms with van der Waals surface area (Å²) < 4.78 is 0. The summed E-state index contributed by atoms with van der Waals surface area (Å²) >= 11 is 5.79. The third-order valence-corrected chi connectivity index (χ3v) is 2.36. The van der Waals surface area contributed by atoms with Gasteiger partial charge in [-0.15, -0.1) is 0 Å². The summed E-state index contributed by atoms with van der Waals surface area (Å²) in [5.74, 6) is 0. The Morgan fingerprint density at radius 2 is 2.00 bits per heavy atom. The monoisotopic (exact) mass is 230 g/mol. The van der Waals surface area contributed by atoms with Crippen molar-refractivity contribution in [2.45, 2.75) is 6.54 Å². The van der Waals surface area contributed by atoms with E-state index in [4.69, 9.17) is 11.6 Å². The Labute approximate surface area is 99.6 Å². The largest absolute Gasteiger partial charge is 0.288 e. The van der Waals surface area contributed by atoms with E-state index >= 15 is 0 Å². The van der Waals surface area contributed by atoms with Crippen LogP contribution in [0.4, 0.5) is 0 Å². The van der Waals surface area contributed by atoms with Gasteiger partial charge in [0, 0.05) is 23.6 Å². The van der Waals surface area contributed by atoms with Gasteiger partial charge in [-0.3, -0.25) is 9.98 Å². The van der Waals surface area contributed by atoms with E-state index in [-0.39, 0.29) is 0 Å². The van der Waals surface area contributed by atoms with Crippen molar-refractivity contribution in [1.29, 1.82) is 0 Å². The van der Waals surface area contributed by atoms with E-state index in [1.807, 2.05) is 48.8 Å². The normalized spacial score (nSPS) is 10.8. The fourth-order valence-corrected chi connectivity index (χ4v) is 1.42. The molecular formula is C13H11ClN2. The zero-order valence-electron chi connectivity index (χ0n) is 8.68. The average molecular weight is 231 g/mol. The van der Waals surface area contributed by atoms with E-state index in [1.165, 1.54) is 0 Å². The zero-order chi connectivity index (χ0) is 11.2. The first-order chi connectivity index (χ1) is 7.84. The van der Waals surface area contributed by atoms with Gasteiger partial charge in [0.15, 0.2) is 0 Å². The minimum Gasteiger partial charge on any atom is -0.288 e. The molecule has 1 heterocycles. The number of rotatable bonds is 3. The van der Waals surface area contributed by atoms with Gasteiger partial charge in [-0.05, 0) is 29.3 Å². The highest BCUT2D eigenvalue weighted by atomic mass is 35.5. The fraction of sp³-hybridized carbons (Fsp3) is 0.0769. The second kappa shape index (κ2) is 5.42. The van der Waals surface area contributed by atoms with Crippen molar-refractivity contribution in [3.8, 4) is 0 Å². The maximum atomic E-state index is 5.79. The lowest BCUT2D eigenvalue weighted by atomic mass is 10.2. The van der Waals surface area contributed by atoms with Gasteiger partial charge >= 0.3 is 0 Å². The molecule has 0 amide bonds. The highest BCUT2D eigenvalue weighted by molar-refractivity contribution is 6.30. The van der Waals surface area contributed by atoms with Crippen LogP contribution in [0.1, 0.15) is 11.1 Å². The van der Waals surface area contributed by atoms with Gasteiger partial charge in [-0.25, -0.2) is 0 Å². The maximum absolute atomic E-state index is 5.79. The number of aliphatic imine (C=N–C) groups is 1. The van der Waals surface area contributed by atoms with E-state index < -0.39 is 0 Å². The van der Waals surface area contributed by atoms with Crippen LogP contribution < -0.4 is 0 Å². The first-order valence-corrected chi connectivity index (χ1v) is 5.37. The topological polar surface area (TPSA) is 25.2 Å². The van der Waals surface area contributed by atoms with Gasteiger partial charge < -0.3 is 0 Å². The van der Waals surface area contributed by atoms with Gasteiger partial charge in [0.25, 0.3) is 0 Å². The van der Waals surface area contributed by atoms with Gasteiger partial charge in [0.1, 0.15) is 0 Å². The van der Waals surface area contributed by atoms with Crippen LogP contribution in [0.5, 0.6) is 0 Å². The molecule has 16 heavy (non-hydrogen) atoms. The molecule has 0 unspecified atom stereocenters. The standard InChI is InChI=1S/C13H11ClN2/c14-13-5-3-11(4-6-13)8-16-10-12-2-1-7-15-9-12/h1-9H,10H2. The summed E-state index contributed by atoms with van der Waals surface area (Å²) in [7, 11) is 0. The number of hydrogen-bond acceptors (Lipinski definition) is 2. The van der Waals surface area contributed by atoms with E-state index in [0.717, 1.165) is 16.1 Å². The van der Waals surface area contributed by atoms with Gasteiger partial charge in [0.05, 0.1) is 6.54 Å². The molecule has 2 aromatic rings. The van der Waals surface area contributed by atoms with Crippen LogP contribution >= 0.6 is 11.6 Å². The SMILES string of the molecule is Clc1ccc(C=NCc2cccnc2)cc1. The minimum absolute atomic E-state index is 0.649. The number of benzene rings is 1. The Morgan fingerprint density at radius 3 is 2.69 bits per heavy atom. The molecule has 0 bridgehead atoms. The summed E-state index contributed by atoms with van der Waals surface area (Å²) in [6.45, 7) is 0.649. The summed E-state index contributed by atoms with van der Waals surface area (Å²) in [6, 6.07) is 11.5. The predicted octanol–water partition coefficient (Wildman–Crippen LogP) is 3.35. The summed E-state index contributed by atoms with van der Waals surface area (Å²) in [6.07, 6.45) is 5.41. The number of pyridine rings is 1. The van der Waals surface area contributed by atoms with E-state index in [9.17, 15) is 0 Å². The lowest BCUT2D eigenvalue weighted by Gasteiger charge is -1.95. The minimum atomic E-state index is 0.649. The first-order valence-electron chi connectivity index (χ1n) is 4.99. The molecule has 0 saturated heterocycles. The Hall–Kier alpha value is -1.67. The van der Waals surface area contributed by atoms with Gasteiger partial charge in [0.2, 0.25) is 0 Å². The van der Waals surface area contributed by atoms with Crippen molar-refractivity contribution in [3.63, 3.8) is 0 Å². The van der Waals surface area contributed by atoms with Gasteiger partial charge in [-0.1, -0.05) is 29.8 Å². The molecule has 0 aliphatic rings. The smallest absolute Gasteiger partial charge is 0.0654 e. The second-order valence-corrected chi connectivity index (χ2v) is 3.82. The molecule has 2 rings (SSSR count). The number of nitrogens with zero attached hydrogens (tertiary/aromatic N) is 2.